The second-order valence-electron chi connectivity index (χ2n) is 10.7. The summed E-state index contributed by atoms with van der Waals surface area (Å²) in [5.41, 5.74) is 6.78. The number of para-hydroxylation sites is 1. The fraction of sp³-hybridized carbons (Fsp3) is 0.161. The van der Waals surface area contributed by atoms with Gasteiger partial charge in [0.1, 0.15) is 5.82 Å². The minimum atomic E-state index is -5.56. The number of nitrogens with one attached hydrogen (secondary N) is 2. The number of hydrogen-bond donors (Lipinski definition) is 3. The number of sulfonamides is 1. The fourth-order valence-corrected chi connectivity index (χ4v) is 6.17. The zero-order valence-corrected chi connectivity index (χ0v) is 23.4. The van der Waals surface area contributed by atoms with Crippen LogP contribution in [0.2, 0.25) is 0 Å². The van der Waals surface area contributed by atoms with Crippen molar-refractivity contribution < 1.29 is 21.6 Å². The van der Waals surface area contributed by atoms with Crippen molar-refractivity contribution in [3.63, 3.8) is 0 Å². The topological polar surface area (TPSA) is 115 Å². The molecule has 1 aliphatic carbocycles. The number of hydrogen-bond acceptors (Lipinski definition) is 6. The number of anilines is 3. The Bertz CT molecular complexity index is 1970. The van der Waals surface area contributed by atoms with Gasteiger partial charge in [-0.05, 0) is 61.2 Å². The van der Waals surface area contributed by atoms with Crippen LogP contribution < -0.4 is 15.8 Å². The number of nitrogens with two attached hydrogens (primary N) is 1. The third kappa shape index (κ3) is 4.54. The van der Waals surface area contributed by atoms with E-state index < -0.39 is 15.5 Å². The van der Waals surface area contributed by atoms with Crippen molar-refractivity contribution in [2.45, 2.75) is 30.3 Å². The molecule has 1 aliphatic heterocycles. The zero-order valence-electron chi connectivity index (χ0n) is 22.6. The Labute approximate surface area is 245 Å². The molecule has 2 aromatic heterocycles. The van der Waals surface area contributed by atoms with E-state index in [1.807, 2.05) is 65.2 Å². The molecule has 0 amide bonds. The van der Waals surface area contributed by atoms with Crippen molar-refractivity contribution >= 4 is 27.2 Å². The van der Waals surface area contributed by atoms with Gasteiger partial charge in [0.2, 0.25) is 0 Å². The Morgan fingerprint density at radius 1 is 0.907 bits per heavy atom. The summed E-state index contributed by atoms with van der Waals surface area (Å²) in [5.74, 6) is 1.27. The molecule has 2 aliphatic rings. The van der Waals surface area contributed by atoms with Crippen molar-refractivity contribution in [2.24, 2.45) is 5.73 Å². The van der Waals surface area contributed by atoms with Crippen molar-refractivity contribution in [3.05, 3.63) is 96.7 Å². The maximum atomic E-state index is 13.0. The van der Waals surface area contributed by atoms with E-state index in [1.54, 1.807) is 23.1 Å². The van der Waals surface area contributed by atoms with Crippen LogP contribution in [0.5, 0.6) is 0 Å². The van der Waals surface area contributed by atoms with Crippen LogP contribution in [0.1, 0.15) is 24.8 Å². The highest BCUT2D eigenvalue weighted by Crippen LogP contribution is 2.45. The van der Waals surface area contributed by atoms with Gasteiger partial charge in [-0.25, -0.2) is 9.97 Å². The number of aromatic nitrogens is 3. The van der Waals surface area contributed by atoms with Crippen LogP contribution in [-0.2, 0) is 15.6 Å². The quantitative estimate of drug-likeness (QED) is 0.197. The van der Waals surface area contributed by atoms with E-state index in [2.05, 4.69) is 10.3 Å². The molecule has 0 spiro atoms. The minimum absolute atomic E-state index is 0.217. The van der Waals surface area contributed by atoms with Gasteiger partial charge in [-0.15, -0.1) is 0 Å². The summed E-state index contributed by atoms with van der Waals surface area (Å²) in [6.07, 6.45) is 4.63. The van der Waals surface area contributed by atoms with Gasteiger partial charge in [-0.1, -0.05) is 48.5 Å². The molecule has 4 N–H and O–H groups in total. The SMILES string of the molecule is NC1(c2ccc(-c3c(-c4ccc(NS(=O)(=O)C(F)(F)F)cc4)nc4n3-c3cccnc3Nc3ccccc3-4)cc2)CCC1. The van der Waals surface area contributed by atoms with E-state index in [4.69, 9.17) is 10.7 Å². The molecule has 1 saturated carbocycles. The molecule has 0 unspecified atom stereocenters. The minimum Gasteiger partial charge on any atom is -0.338 e. The lowest BCUT2D eigenvalue weighted by molar-refractivity contribution is -0.0429. The maximum Gasteiger partial charge on any atom is 0.516 e. The lowest BCUT2D eigenvalue weighted by Gasteiger charge is -2.38. The predicted octanol–water partition coefficient (Wildman–Crippen LogP) is 6.92. The van der Waals surface area contributed by atoms with Crippen LogP contribution in [0, 0.1) is 0 Å². The van der Waals surface area contributed by atoms with Crippen LogP contribution in [0.4, 0.5) is 30.4 Å². The van der Waals surface area contributed by atoms with Crippen LogP contribution in [-0.4, -0.2) is 28.5 Å². The molecule has 0 saturated heterocycles. The first-order valence-corrected chi connectivity index (χ1v) is 15.1. The summed E-state index contributed by atoms with van der Waals surface area (Å²) in [7, 11) is -5.56. The largest absolute Gasteiger partial charge is 0.516 e. The Morgan fingerprint density at radius 3 is 2.28 bits per heavy atom. The van der Waals surface area contributed by atoms with E-state index in [0.717, 1.165) is 53.0 Å². The highest BCUT2D eigenvalue weighted by Gasteiger charge is 2.46. The summed E-state index contributed by atoms with van der Waals surface area (Å²) in [4.78, 5) is 9.68. The number of nitrogens with zero attached hydrogens (tertiary/aromatic N) is 3. The lowest BCUT2D eigenvalue weighted by Crippen LogP contribution is -2.43. The normalized spacial score (nSPS) is 15.3. The number of fused-ring (bicyclic) bond motifs is 5. The van der Waals surface area contributed by atoms with E-state index in [1.165, 1.54) is 12.1 Å². The number of pyridine rings is 1. The van der Waals surface area contributed by atoms with Gasteiger partial charge in [0, 0.05) is 34.1 Å². The molecule has 0 radical (unpaired) electrons. The smallest absolute Gasteiger partial charge is 0.338 e. The monoisotopic (exact) mass is 602 g/mol. The van der Waals surface area contributed by atoms with E-state index in [0.29, 0.717) is 22.9 Å². The summed E-state index contributed by atoms with van der Waals surface area (Å²) in [6.45, 7) is 0. The van der Waals surface area contributed by atoms with Crippen LogP contribution in [0.15, 0.2) is 91.1 Å². The second kappa shape index (κ2) is 9.68. The van der Waals surface area contributed by atoms with Crippen LogP contribution in [0.25, 0.3) is 39.6 Å². The molecule has 0 bridgehead atoms. The van der Waals surface area contributed by atoms with Gasteiger partial charge >= 0.3 is 15.5 Å². The number of halogens is 3. The Morgan fingerprint density at radius 2 is 1.60 bits per heavy atom. The summed E-state index contributed by atoms with van der Waals surface area (Å²) in [6, 6.07) is 25.2. The van der Waals surface area contributed by atoms with Crippen molar-refractivity contribution in [1.29, 1.82) is 0 Å². The van der Waals surface area contributed by atoms with Crippen molar-refractivity contribution in [3.8, 4) is 39.6 Å². The maximum absolute atomic E-state index is 13.0. The molecule has 1 fully saturated rings. The number of imidazole rings is 1. The van der Waals surface area contributed by atoms with E-state index in [-0.39, 0.29) is 11.2 Å². The Kier molecular flexibility index (Phi) is 6.12. The summed E-state index contributed by atoms with van der Waals surface area (Å²) < 4.78 is 65.8. The van der Waals surface area contributed by atoms with Gasteiger partial charge in [0.15, 0.2) is 5.82 Å². The predicted molar refractivity (Wildman–Crippen MR) is 159 cm³/mol. The highest BCUT2D eigenvalue weighted by molar-refractivity contribution is 7.93. The second-order valence-corrected chi connectivity index (χ2v) is 12.4. The molecule has 43 heavy (non-hydrogen) atoms. The first kappa shape index (κ1) is 27.2. The van der Waals surface area contributed by atoms with Gasteiger partial charge in [0.05, 0.1) is 22.8 Å². The Hall–Kier alpha value is -4.68. The average molecular weight is 603 g/mol. The van der Waals surface area contributed by atoms with Crippen molar-refractivity contribution in [2.75, 3.05) is 10.0 Å². The van der Waals surface area contributed by atoms with Gasteiger partial charge < -0.3 is 11.1 Å². The number of alkyl halides is 3. The van der Waals surface area contributed by atoms with Gasteiger partial charge in [0.25, 0.3) is 0 Å². The number of rotatable bonds is 5. The molecular weight excluding hydrogens is 577 g/mol. The molecule has 3 aromatic carbocycles. The summed E-state index contributed by atoms with van der Waals surface area (Å²) in [5, 5.41) is 3.41. The fourth-order valence-electron chi connectivity index (χ4n) is 5.61. The third-order valence-electron chi connectivity index (χ3n) is 8.02. The molecule has 0 atom stereocenters. The Balaban J connectivity index is 1.43. The van der Waals surface area contributed by atoms with Crippen LogP contribution >= 0.6 is 0 Å². The van der Waals surface area contributed by atoms with E-state index >= 15 is 0 Å². The average Bonchev–Trinajstić information content (AvgIpc) is 3.30. The van der Waals surface area contributed by atoms with Crippen LogP contribution in [0.3, 0.4) is 0 Å². The lowest BCUT2D eigenvalue weighted by atomic mass is 9.72. The molecule has 12 heteroatoms. The zero-order chi connectivity index (χ0) is 30.0. The first-order chi connectivity index (χ1) is 20.5. The molecule has 5 aromatic rings. The third-order valence-corrected chi connectivity index (χ3v) is 9.13. The molecule has 3 heterocycles. The van der Waals surface area contributed by atoms with Crippen molar-refractivity contribution in [1.82, 2.24) is 14.5 Å². The molecule has 8 nitrogen and oxygen atoms in total. The highest BCUT2D eigenvalue weighted by atomic mass is 32.2. The van der Waals surface area contributed by atoms with Gasteiger partial charge in [-0.3, -0.25) is 9.29 Å². The molecule has 7 rings (SSSR count). The first-order valence-electron chi connectivity index (χ1n) is 13.6. The molecular formula is C31H25F3N6O2S. The van der Waals surface area contributed by atoms with Gasteiger partial charge in [-0.2, -0.15) is 21.6 Å². The summed E-state index contributed by atoms with van der Waals surface area (Å²) >= 11 is 0. The standard InChI is InChI=1S/C31H25F3N6O2S/c32-31(33,34)43(41,42)39-22-14-10-19(11-15-22)26-27(20-8-12-21(13-9-20)30(35)16-4-17-30)40-25-7-3-18-36-28(25)37-24-6-2-1-5-23(24)29(40)38-26/h1-3,5-15,18,39H,4,16-17,35H2,(H,36,37). The van der Waals surface area contributed by atoms with E-state index in [9.17, 15) is 21.6 Å². The number of benzene rings is 3. The molecule has 218 valence electrons.